The van der Waals surface area contributed by atoms with Crippen LogP contribution in [0.25, 0.3) is 22.1 Å². The van der Waals surface area contributed by atoms with Crippen molar-refractivity contribution in [3.8, 4) is 22.6 Å². The Balaban J connectivity index is 1.65. The van der Waals surface area contributed by atoms with Crippen molar-refractivity contribution in [2.45, 2.75) is 13.5 Å². The second-order valence-corrected chi connectivity index (χ2v) is 6.55. The smallest absolute Gasteiger partial charge is 0.344 e. The van der Waals surface area contributed by atoms with Crippen molar-refractivity contribution in [1.82, 2.24) is 0 Å². The summed E-state index contributed by atoms with van der Waals surface area (Å²) in [6, 6.07) is 22.9. The number of hydrogen-bond donors (Lipinski definition) is 0. The van der Waals surface area contributed by atoms with E-state index in [0.717, 1.165) is 27.8 Å². The first-order valence-corrected chi connectivity index (χ1v) is 9.04. The van der Waals surface area contributed by atoms with Crippen molar-refractivity contribution in [3.63, 3.8) is 0 Å². The predicted molar refractivity (Wildman–Crippen MR) is 110 cm³/mol. The van der Waals surface area contributed by atoms with Gasteiger partial charge < -0.3 is 13.9 Å². The van der Waals surface area contributed by atoms with Gasteiger partial charge in [0.15, 0.2) is 0 Å². The highest BCUT2D eigenvalue weighted by Crippen LogP contribution is 2.29. The average molecular weight is 372 g/mol. The van der Waals surface area contributed by atoms with Crippen molar-refractivity contribution < 1.29 is 13.9 Å². The summed E-state index contributed by atoms with van der Waals surface area (Å²) in [5.74, 6) is 1.43. The second-order valence-electron chi connectivity index (χ2n) is 6.55. The minimum Gasteiger partial charge on any atom is -0.497 e. The van der Waals surface area contributed by atoms with Crippen LogP contribution in [-0.4, -0.2) is 7.11 Å². The van der Waals surface area contributed by atoms with E-state index in [1.807, 2.05) is 73.7 Å². The molecule has 0 fully saturated rings. The molecule has 0 bridgehead atoms. The number of benzene rings is 3. The molecule has 0 spiro atoms. The Hall–Kier alpha value is -3.53. The van der Waals surface area contributed by atoms with Crippen LogP contribution in [0.5, 0.6) is 11.5 Å². The van der Waals surface area contributed by atoms with Crippen LogP contribution < -0.4 is 15.1 Å². The number of hydrogen-bond acceptors (Lipinski definition) is 4. The van der Waals surface area contributed by atoms with E-state index in [1.165, 1.54) is 0 Å². The van der Waals surface area contributed by atoms with E-state index >= 15 is 0 Å². The van der Waals surface area contributed by atoms with Gasteiger partial charge in [-0.25, -0.2) is 4.79 Å². The number of fused-ring (bicyclic) bond motifs is 1. The third-order valence-electron chi connectivity index (χ3n) is 4.74. The molecule has 1 heterocycles. The standard InChI is InChI=1S/C24H20O4/c1-16-21-12-11-20(27-15-17-7-6-10-19(13-17)26-2)14-22(21)28-24(25)23(16)18-8-4-3-5-9-18/h3-14H,15H2,1-2H3. The van der Waals surface area contributed by atoms with E-state index in [4.69, 9.17) is 13.9 Å². The number of rotatable bonds is 5. The van der Waals surface area contributed by atoms with Gasteiger partial charge in [0.2, 0.25) is 0 Å². The fourth-order valence-electron chi connectivity index (χ4n) is 3.29. The van der Waals surface area contributed by atoms with E-state index in [2.05, 4.69) is 0 Å². The Labute approximate surface area is 163 Å². The topological polar surface area (TPSA) is 48.7 Å². The van der Waals surface area contributed by atoms with Crippen LogP contribution in [0.2, 0.25) is 0 Å². The molecular weight excluding hydrogens is 352 g/mol. The molecular formula is C24H20O4. The lowest BCUT2D eigenvalue weighted by molar-refractivity contribution is 0.305. The maximum absolute atomic E-state index is 12.6. The van der Waals surface area contributed by atoms with Crippen LogP contribution in [0.3, 0.4) is 0 Å². The van der Waals surface area contributed by atoms with Gasteiger partial charge in [-0.2, -0.15) is 0 Å². The zero-order chi connectivity index (χ0) is 19.5. The molecule has 4 heteroatoms. The van der Waals surface area contributed by atoms with Gasteiger partial charge in [-0.3, -0.25) is 0 Å². The second kappa shape index (κ2) is 7.61. The van der Waals surface area contributed by atoms with E-state index in [-0.39, 0.29) is 5.63 Å². The summed E-state index contributed by atoms with van der Waals surface area (Å²) in [5, 5.41) is 0.896. The minimum absolute atomic E-state index is 0.346. The minimum atomic E-state index is -0.346. The zero-order valence-electron chi connectivity index (χ0n) is 15.8. The van der Waals surface area contributed by atoms with Crippen molar-refractivity contribution in [3.05, 3.63) is 94.3 Å². The first kappa shape index (κ1) is 17.9. The average Bonchev–Trinajstić information content (AvgIpc) is 2.73. The largest absolute Gasteiger partial charge is 0.497 e. The molecule has 140 valence electrons. The van der Waals surface area contributed by atoms with E-state index in [9.17, 15) is 4.79 Å². The molecule has 0 unspecified atom stereocenters. The molecule has 0 amide bonds. The molecule has 1 aromatic heterocycles. The molecule has 0 aliphatic rings. The molecule has 28 heavy (non-hydrogen) atoms. The van der Waals surface area contributed by atoms with E-state index in [0.29, 0.717) is 23.5 Å². The van der Waals surface area contributed by atoms with Crippen LogP contribution in [0.15, 0.2) is 82.0 Å². The van der Waals surface area contributed by atoms with E-state index < -0.39 is 0 Å². The first-order chi connectivity index (χ1) is 13.7. The molecule has 0 saturated carbocycles. The lowest BCUT2D eigenvalue weighted by Crippen LogP contribution is -2.06. The highest BCUT2D eigenvalue weighted by Gasteiger charge is 2.13. The summed E-state index contributed by atoms with van der Waals surface area (Å²) in [7, 11) is 1.64. The van der Waals surface area contributed by atoms with Crippen molar-refractivity contribution in [2.24, 2.45) is 0 Å². The summed E-state index contributed by atoms with van der Waals surface area (Å²) in [6.45, 7) is 2.34. The molecule has 3 aromatic carbocycles. The van der Waals surface area contributed by atoms with Crippen LogP contribution in [-0.2, 0) is 6.61 Å². The normalized spacial score (nSPS) is 10.8. The molecule has 4 aromatic rings. The highest BCUT2D eigenvalue weighted by molar-refractivity contribution is 5.87. The van der Waals surface area contributed by atoms with Gasteiger partial charge in [-0.1, -0.05) is 42.5 Å². The number of aryl methyl sites for hydroxylation is 1. The quantitative estimate of drug-likeness (QED) is 0.443. The van der Waals surface area contributed by atoms with Crippen LogP contribution >= 0.6 is 0 Å². The Kier molecular flexibility index (Phi) is 4.85. The zero-order valence-corrected chi connectivity index (χ0v) is 15.8. The predicted octanol–water partition coefficient (Wildman–Crippen LogP) is 5.36. The fourth-order valence-corrected chi connectivity index (χ4v) is 3.29. The van der Waals surface area contributed by atoms with Crippen molar-refractivity contribution in [2.75, 3.05) is 7.11 Å². The van der Waals surface area contributed by atoms with E-state index in [1.54, 1.807) is 13.2 Å². The molecule has 0 atom stereocenters. The number of ether oxygens (including phenoxy) is 2. The van der Waals surface area contributed by atoms with Crippen molar-refractivity contribution in [1.29, 1.82) is 0 Å². The molecule has 0 aliphatic carbocycles. The molecule has 4 nitrogen and oxygen atoms in total. The van der Waals surface area contributed by atoms with Crippen LogP contribution in [0.4, 0.5) is 0 Å². The van der Waals surface area contributed by atoms with Gasteiger partial charge in [-0.05, 0) is 47.9 Å². The Morgan fingerprint density at radius 3 is 2.50 bits per heavy atom. The molecule has 4 rings (SSSR count). The lowest BCUT2D eigenvalue weighted by atomic mass is 10.00. The Morgan fingerprint density at radius 2 is 1.71 bits per heavy atom. The Morgan fingerprint density at radius 1 is 0.893 bits per heavy atom. The summed E-state index contributed by atoms with van der Waals surface area (Å²) in [5.41, 5.74) is 3.52. The molecule has 0 radical (unpaired) electrons. The summed E-state index contributed by atoms with van der Waals surface area (Å²) in [6.07, 6.45) is 0. The molecule has 0 saturated heterocycles. The van der Waals surface area contributed by atoms with Gasteiger partial charge in [0, 0.05) is 11.5 Å². The van der Waals surface area contributed by atoms with Crippen LogP contribution in [0.1, 0.15) is 11.1 Å². The lowest BCUT2D eigenvalue weighted by Gasteiger charge is -2.11. The van der Waals surface area contributed by atoms with Crippen LogP contribution in [0, 0.1) is 6.92 Å². The van der Waals surface area contributed by atoms with Gasteiger partial charge in [0.25, 0.3) is 0 Å². The SMILES string of the molecule is COc1cccc(COc2ccc3c(C)c(-c4ccccc4)c(=O)oc3c2)c1. The summed E-state index contributed by atoms with van der Waals surface area (Å²) in [4.78, 5) is 12.6. The van der Waals surface area contributed by atoms with Gasteiger partial charge >= 0.3 is 5.63 Å². The maximum atomic E-state index is 12.6. The maximum Gasteiger partial charge on any atom is 0.344 e. The summed E-state index contributed by atoms with van der Waals surface area (Å²) < 4.78 is 16.7. The summed E-state index contributed by atoms with van der Waals surface area (Å²) >= 11 is 0. The molecule has 0 N–H and O–H groups in total. The molecule has 0 aliphatic heterocycles. The van der Waals surface area contributed by atoms with Gasteiger partial charge in [-0.15, -0.1) is 0 Å². The van der Waals surface area contributed by atoms with Gasteiger partial charge in [0.1, 0.15) is 23.7 Å². The highest BCUT2D eigenvalue weighted by atomic mass is 16.5. The van der Waals surface area contributed by atoms with Gasteiger partial charge in [0.05, 0.1) is 12.7 Å². The number of methoxy groups -OCH3 is 1. The first-order valence-electron chi connectivity index (χ1n) is 9.04. The fraction of sp³-hybridized carbons (Fsp3) is 0.125. The Bertz CT molecular complexity index is 1180. The monoisotopic (exact) mass is 372 g/mol. The third-order valence-corrected chi connectivity index (χ3v) is 4.74. The van der Waals surface area contributed by atoms with Crippen molar-refractivity contribution >= 4 is 11.0 Å². The third kappa shape index (κ3) is 3.49.